The molecule has 2 N–H and O–H groups in total. The molecule has 0 bridgehead atoms. The van der Waals surface area contributed by atoms with Gasteiger partial charge in [-0.25, -0.2) is 17.9 Å². The first-order valence-corrected chi connectivity index (χ1v) is 7.89. The number of carbonyl (C=O) groups is 1. The Morgan fingerprint density at radius 2 is 1.95 bits per heavy atom. The van der Waals surface area contributed by atoms with Crippen LogP contribution in [-0.4, -0.2) is 30.6 Å². The third kappa shape index (κ3) is 3.84. The Morgan fingerprint density at radius 1 is 1.29 bits per heavy atom. The predicted octanol–water partition coefficient (Wildman–Crippen LogP) is 1.82. The molecule has 6 nitrogen and oxygen atoms in total. The molecule has 2 aromatic rings. The summed E-state index contributed by atoms with van der Waals surface area (Å²) < 4.78 is 28.4. The van der Waals surface area contributed by atoms with Crippen LogP contribution in [-0.2, 0) is 16.6 Å². The van der Waals surface area contributed by atoms with Crippen molar-refractivity contribution in [1.82, 2.24) is 9.29 Å². The number of nitrogens with one attached hydrogen (secondary N) is 1. The molecule has 112 valence electrons. The molecule has 2 rings (SSSR count). The lowest BCUT2D eigenvalue weighted by atomic mass is 10.2. The summed E-state index contributed by atoms with van der Waals surface area (Å²) in [7, 11) is -3.72. The number of halogens is 1. The van der Waals surface area contributed by atoms with Gasteiger partial charge in [-0.3, -0.25) is 0 Å². The van der Waals surface area contributed by atoms with Crippen molar-refractivity contribution in [2.24, 2.45) is 0 Å². The lowest BCUT2D eigenvalue weighted by Crippen LogP contribution is -2.27. The Hall–Kier alpha value is -1.83. The van der Waals surface area contributed by atoms with E-state index in [9.17, 15) is 13.2 Å². The number of aromatic nitrogens is 1. The first-order chi connectivity index (χ1) is 9.90. The summed E-state index contributed by atoms with van der Waals surface area (Å²) in [4.78, 5) is 10.8. The van der Waals surface area contributed by atoms with Crippen LogP contribution in [0, 0.1) is 0 Å². The zero-order valence-corrected chi connectivity index (χ0v) is 12.4. The fourth-order valence-electron chi connectivity index (χ4n) is 1.75. The highest BCUT2D eigenvalue weighted by atomic mass is 35.5. The van der Waals surface area contributed by atoms with Gasteiger partial charge < -0.3 is 9.67 Å². The average molecular weight is 329 g/mol. The van der Waals surface area contributed by atoms with Crippen LogP contribution in [0.15, 0.2) is 47.6 Å². The highest BCUT2D eigenvalue weighted by molar-refractivity contribution is 7.89. The predicted molar refractivity (Wildman–Crippen MR) is 78.0 cm³/mol. The van der Waals surface area contributed by atoms with Gasteiger partial charge in [-0.05, 0) is 30.3 Å². The Morgan fingerprint density at radius 3 is 2.52 bits per heavy atom. The van der Waals surface area contributed by atoms with E-state index in [0.29, 0.717) is 6.54 Å². The number of sulfonamides is 1. The molecule has 8 heteroatoms. The van der Waals surface area contributed by atoms with Gasteiger partial charge in [-0.15, -0.1) is 0 Å². The summed E-state index contributed by atoms with van der Waals surface area (Å²) >= 11 is 5.77. The molecule has 0 aliphatic carbocycles. The number of nitrogens with zero attached hydrogens (tertiary/aromatic N) is 1. The van der Waals surface area contributed by atoms with Crippen LogP contribution in [0.1, 0.15) is 10.4 Å². The molecule has 0 aliphatic heterocycles. The Labute approximate surface area is 127 Å². The van der Waals surface area contributed by atoms with Gasteiger partial charge in [-0.1, -0.05) is 11.6 Å². The largest absolute Gasteiger partial charge is 0.478 e. The lowest BCUT2D eigenvalue weighted by Gasteiger charge is -2.08. The van der Waals surface area contributed by atoms with Gasteiger partial charge in [0, 0.05) is 25.5 Å². The van der Waals surface area contributed by atoms with Crippen LogP contribution in [0.5, 0.6) is 0 Å². The van der Waals surface area contributed by atoms with Crippen molar-refractivity contribution in [3.05, 3.63) is 53.3 Å². The van der Waals surface area contributed by atoms with E-state index in [1.807, 2.05) is 29.1 Å². The summed E-state index contributed by atoms with van der Waals surface area (Å²) in [6.07, 6.45) is 3.65. The van der Waals surface area contributed by atoms with Gasteiger partial charge in [0.2, 0.25) is 10.0 Å². The van der Waals surface area contributed by atoms with Crippen molar-refractivity contribution in [2.45, 2.75) is 11.4 Å². The van der Waals surface area contributed by atoms with E-state index >= 15 is 0 Å². The van der Waals surface area contributed by atoms with Gasteiger partial charge >= 0.3 is 5.97 Å². The molecule has 1 aromatic heterocycles. The zero-order valence-electron chi connectivity index (χ0n) is 10.9. The highest BCUT2D eigenvalue weighted by Crippen LogP contribution is 2.20. The molecule has 0 radical (unpaired) electrons. The molecular formula is C13H13ClN2O4S. The molecule has 0 spiro atoms. The minimum absolute atomic E-state index is 0.0648. The monoisotopic (exact) mass is 328 g/mol. The molecule has 1 aromatic carbocycles. The number of carboxylic acids is 1. The van der Waals surface area contributed by atoms with Crippen molar-refractivity contribution in [2.75, 3.05) is 6.54 Å². The number of benzene rings is 1. The Bertz CT molecular complexity index is 742. The number of hydrogen-bond acceptors (Lipinski definition) is 3. The van der Waals surface area contributed by atoms with Crippen LogP contribution < -0.4 is 4.72 Å². The normalized spacial score (nSPS) is 11.5. The van der Waals surface area contributed by atoms with Gasteiger partial charge in [0.05, 0.1) is 15.5 Å². The summed E-state index contributed by atoms with van der Waals surface area (Å²) in [5.41, 5.74) is -0.136. The molecule has 0 fully saturated rings. The minimum atomic E-state index is -3.72. The lowest BCUT2D eigenvalue weighted by molar-refractivity contribution is 0.0697. The topological polar surface area (TPSA) is 88.4 Å². The van der Waals surface area contributed by atoms with Crippen molar-refractivity contribution < 1.29 is 18.3 Å². The fraction of sp³-hybridized carbons (Fsp3) is 0.154. The Balaban J connectivity index is 2.08. The number of rotatable bonds is 6. The van der Waals surface area contributed by atoms with Crippen LogP contribution in [0.4, 0.5) is 0 Å². The van der Waals surface area contributed by atoms with Crippen molar-refractivity contribution in [3.63, 3.8) is 0 Å². The molecular weight excluding hydrogens is 316 g/mol. The smallest absolute Gasteiger partial charge is 0.337 e. The van der Waals surface area contributed by atoms with Gasteiger partial charge in [0.25, 0.3) is 0 Å². The van der Waals surface area contributed by atoms with Gasteiger partial charge in [0.15, 0.2) is 0 Å². The van der Waals surface area contributed by atoms with Crippen LogP contribution >= 0.6 is 11.6 Å². The quantitative estimate of drug-likeness (QED) is 0.846. The number of carboxylic acid groups (broad SMARTS) is 1. The summed E-state index contributed by atoms with van der Waals surface area (Å²) in [5, 5.41) is 8.74. The summed E-state index contributed by atoms with van der Waals surface area (Å²) in [6, 6.07) is 7.21. The standard InChI is InChI=1S/C13H13ClN2O4S/c14-12-9-10(3-4-11(12)13(17)18)21(19,20)15-5-8-16-6-1-2-7-16/h1-4,6-7,9,15H,5,8H2,(H,17,18). The first kappa shape index (κ1) is 15.6. The summed E-state index contributed by atoms with van der Waals surface area (Å²) in [5.74, 6) is -1.20. The van der Waals surface area contributed by atoms with Crippen LogP contribution in [0.25, 0.3) is 0 Å². The van der Waals surface area contributed by atoms with E-state index in [1.165, 1.54) is 12.1 Å². The highest BCUT2D eigenvalue weighted by Gasteiger charge is 2.17. The second-order valence-electron chi connectivity index (χ2n) is 4.27. The fourth-order valence-corrected chi connectivity index (χ4v) is 3.12. The molecule has 0 saturated heterocycles. The van der Waals surface area contributed by atoms with E-state index in [2.05, 4.69) is 4.72 Å². The average Bonchev–Trinajstić information content (AvgIpc) is 2.91. The molecule has 0 amide bonds. The molecule has 21 heavy (non-hydrogen) atoms. The maximum absolute atomic E-state index is 12.1. The third-order valence-electron chi connectivity index (χ3n) is 2.81. The molecule has 0 atom stereocenters. The zero-order chi connectivity index (χ0) is 15.5. The third-order valence-corrected chi connectivity index (χ3v) is 4.58. The van der Waals surface area contributed by atoms with Crippen molar-refractivity contribution in [3.8, 4) is 0 Å². The summed E-state index contributed by atoms with van der Waals surface area (Å²) in [6.45, 7) is 0.711. The van der Waals surface area contributed by atoms with E-state index < -0.39 is 16.0 Å². The molecule has 1 heterocycles. The minimum Gasteiger partial charge on any atom is -0.478 e. The van der Waals surface area contributed by atoms with E-state index in [0.717, 1.165) is 6.07 Å². The second kappa shape index (κ2) is 6.30. The number of aromatic carboxylic acids is 1. The molecule has 0 aliphatic rings. The number of hydrogen-bond donors (Lipinski definition) is 2. The maximum Gasteiger partial charge on any atom is 0.337 e. The maximum atomic E-state index is 12.1. The molecule has 0 saturated carbocycles. The van der Waals surface area contributed by atoms with Crippen LogP contribution in [0.3, 0.4) is 0 Å². The SMILES string of the molecule is O=C(O)c1ccc(S(=O)(=O)NCCn2cccc2)cc1Cl. The van der Waals surface area contributed by atoms with Crippen LogP contribution in [0.2, 0.25) is 5.02 Å². The van der Waals surface area contributed by atoms with E-state index in [-0.39, 0.29) is 22.0 Å². The van der Waals surface area contributed by atoms with E-state index in [4.69, 9.17) is 16.7 Å². The second-order valence-corrected chi connectivity index (χ2v) is 6.44. The Kier molecular flexibility index (Phi) is 4.66. The van der Waals surface area contributed by atoms with Gasteiger partial charge in [-0.2, -0.15) is 0 Å². The molecule has 0 unspecified atom stereocenters. The van der Waals surface area contributed by atoms with E-state index in [1.54, 1.807) is 0 Å². The van der Waals surface area contributed by atoms with Gasteiger partial charge in [0.1, 0.15) is 0 Å². The first-order valence-electron chi connectivity index (χ1n) is 6.03. The van der Waals surface area contributed by atoms with Crippen molar-refractivity contribution >= 4 is 27.6 Å². The van der Waals surface area contributed by atoms with Crippen molar-refractivity contribution in [1.29, 1.82) is 0 Å².